The smallest absolute Gasteiger partial charge is 0.269 e. The number of carbonyl (C=O) groups excluding carboxylic acids is 2. The average Bonchev–Trinajstić information content (AvgIpc) is 2.72. The molecule has 2 aromatic rings. The van der Waals surface area contributed by atoms with Gasteiger partial charge in [0.15, 0.2) is 0 Å². The maximum absolute atomic E-state index is 12.8. The highest BCUT2D eigenvalue weighted by molar-refractivity contribution is 7.99. The molecular formula is C20H22ClN3O4S. The lowest BCUT2D eigenvalue weighted by atomic mass is 10.1. The first kappa shape index (κ1) is 22.7. The fourth-order valence-electron chi connectivity index (χ4n) is 2.63. The van der Waals surface area contributed by atoms with Crippen molar-refractivity contribution in [1.82, 2.24) is 10.2 Å². The molecule has 0 aliphatic carbocycles. The second-order valence-electron chi connectivity index (χ2n) is 6.35. The van der Waals surface area contributed by atoms with E-state index >= 15 is 0 Å². The van der Waals surface area contributed by atoms with Crippen molar-refractivity contribution >= 4 is 40.9 Å². The van der Waals surface area contributed by atoms with Gasteiger partial charge in [-0.15, -0.1) is 11.8 Å². The number of hydrogen-bond donors (Lipinski definition) is 1. The summed E-state index contributed by atoms with van der Waals surface area (Å²) in [7, 11) is 1.53. The molecule has 2 aromatic carbocycles. The molecule has 0 aliphatic rings. The van der Waals surface area contributed by atoms with Gasteiger partial charge in [-0.05, 0) is 30.2 Å². The summed E-state index contributed by atoms with van der Waals surface area (Å²) < 4.78 is 0. The van der Waals surface area contributed by atoms with Crippen molar-refractivity contribution in [1.29, 1.82) is 0 Å². The molecule has 1 atom stereocenters. The molecule has 0 aliphatic heterocycles. The Kier molecular flexibility index (Phi) is 8.48. The minimum atomic E-state index is -0.622. The molecule has 1 N–H and O–H groups in total. The number of hydrogen-bond acceptors (Lipinski definition) is 5. The van der Waals surface area contributed by atoms with Crippen LogP contribution in [0.5, 0.6) is 0 Å². The van der Waals surface area contributed by atoms with Crippen LogP contribution in [0.3, 0.4) is 0 Å². The van der Waals surface area contributed by atoms with Crippen LogP contribution in [0.25, 0.3) is 0 Å². The van der Waals surface area contributed by atoms with Gasteiger partial charge in [-0.2, -0.15) is 0 Å². The van der Waals surface area contributed by atoms with Crippen LogP contribution in [0, 0.1) is 10.1 Å². The van der Waals surface area contributed by atoms with Crippen molar-refractivity contribution in [2.75, 3.05) is 12.8 Å². The van der Waals surface area contributed by atoms with Crippen molar-refractivity contribution in [2.45, 2.75) is 25.3 Å². The number of carbonyl (C=O) groups is 2. The summed E-state index contributed by atoms with van der Waals surface area (Å²) in [6.45, 7) is 1.98. The van der Waals surface area contributed by atoms with Crippen molar-refractivity contribution in [3.05, 3.63) is 74.8 Å². The molecule has 0 fully saturated rings. The second-order valence-corrected chi connectivity index (χ2v) is 7.78. The van der Waals surface area contributed by atoms with Crippen LogP contribution < -0.4 is 5.32 Å². The minimum absolute atomic E-state index is 0.0309. The van der Waals surface area contributed by atoms with Crippen LogP contribution in [0.4, 0.5) is 5.69 Å². The highest BCUT2D eigenvalue weighted by Gasteiger charge is 2.25. The van der Waals surface area contributed by atoms with Crippen LogP contribution >= 0.6 is 23.4 Å². The Hall–Kier alpha value is -2.58. The first-order chi connectivity index (χ1) is 13.8. The second kappa shape index (κ2) is 10.8. The van der Waals surface area contributed by atoms with Crippen molar-refractivity contribution in [2.24, 2.45) is 0 Å². The van der Waals surface area contributed by atoms with Crippen LogP contribution in [-0.4, -0.2) is 40.5 Å². The lowest BCUT2D eigenvalue weighted by molar-refractivity contribution is -0.384. The number of nitrogens with zero attached hydrogens (tertiary/aromatic N) is 2. The summed E-state index contributed by atoms with van der Waals surface area (Å²) in [4.78, 5) is 36.7. The normalized spacial score (nSPS) is 11.6. The highest BCUT2D eigenvalue weighted by atomic mass is 35.5. The van der Waals surface area contributed by atoms with E-state index in [1.165, 1.54) is 35.8 Å². The molecule has 2 rings (SSSR count). The van der Waals surface area contributed by atoms with Gasteiger partial charge in [0.25, 0.3) is 5.69 Å². The van der Waals surface area contributed by atoms with E-state index in [0.29, 0.717) is 17.3 Å². The molecule has 0 saturated heterocycles. The maximum atomic E-state index is 12.8. The molecule has 154 valence electrons. The van der Waals surface area contributed by atoms with Crippen LogP contribution in [0.1, 0.15) is 18.1 Å². The molecule has 9 heteroatoms. The van der Waals surface area contributed by atoms with Crippen molar-refractivity contribution in [3.63, 3.8) is 0 Å². The summed E-state index contributed by atoms with van der Waals surface area (Å²) >= 11 is 7.31. The molecule has 0 radical (unpaired) electrons. The fraction of sp³-hybridized carbons (Fsp3) is 0.300. The Morgan fingerprint density at radius 1 is 1.14 bits per heavy atom. The Morgan fingerprint density at radius 2 is 1.72 bits per heavy atom. The largest absolute Gasteiger partial charge is 0.357 e. The predicted molar refractivity (Wildman–Crippen MR) is 115 cm³/mol. The SMILES string of the molecule is CNC(=O)[C@H](C)N(Cc1ccc(Cl)cc1)C(=O)CSCc1ccc([N+](=O)[O-])cc1. The molecule has 0 aromatic heterocycles. The minimum Gasteiger partial charge on any atom is -0.357 e. The van der Waals surface area contributed by atoms with Gasteiger partial charge >= 0.3 is 0 Å². The first-order valence-corrected chi connectivity index (χ1v) is 10.4. The number of benzene rings is 2. The quantitative estimate of drug-likeness (QED) is 0.479. The van der Waals surface area contributed by atoms with E-state index in [2.05, 4.69) is 5.32 Å². The zero-order valence-corrected chi connectivity index (χ0v) is 17.7. The Morgan fingerprint density at radius 3 is 2.28 bits per heavy atom. The Bertz CT molecular complexity index is 859. The van der Waals surface area contributed by atoms with Gasteiger partial charge in [0, 0.05) is 36.5 Å². The number of nitro benzene ring substituents is 1. The Balaban J connectivity index is 2.01. The van der Waals surface area contributed by atoms with E-state index in [-0.39, 0.29) is 23.3 Å². The number of rotatable bonds is 9. The van der Waals surface area contributed by atoms with E-state index < -0.39 is 11.0 Å². The third-order valence-corrected chi connectivity index (χ3v) is 5.56. The zero-order chi connectivity index (χ0) is 21.4. The van der Waals surface area contributed by atoms with E-state index in [9.17, 15) is 19.7 Å². The maximum Gasteiger partial charge on any atom is 0.269 e. The monoisotopic (exact) mass is 435 g/mol. The predicted octanol–water partition coefficient (Wildman–Crippen LogP) is 3.64. The Labute approximate surface area is 178 Å². The summed E-state index contributed by atoms with van der Waals surface area (Å²) in [6, 6.07) is 12.7. The summed E-state index contributed by atoms with van der Waals surface area (Å²) in [5.74, 6) is 0.314. The zero-order valence-electron chi connectivity index (χ0n) is 16.1. The third kappa shape index (κ3) is 6.76. The molecule has 0 spiro atoms. The summed E-state index contributed by atoms with van der Waals surface area (Å²) in [6.07, 6.45) is 0. The van der Waals surface area contributed by atoms with Crippen LogP contribution in [0.2, 0.25) is 5.02 Å². The summed E-state index contributed by atoms with van der Waals surface area (Å²) in [5, 5.41) is 13.9. The number of halogens is 1. The van der Waals surface area contributed by atoms with E-state index in [0.717, 1.165) is 11.1 Å². The fourth-order valence-corrected chi connectivity index (χ4v) is 3.63. The topological polar surface area (TPSA) is 92.6 Å². The molecule has 7 nitrogen and oxygen atoms in total. The molecule has 2 amide bonds. The van der Waals surface area contributed by atoms with E-state index in [4.69, 9.17) is 11.6 Å². The molecule has 0 heterocycles. The standard InChI is InChI=1S/C20H22ClN3O4S/c1-14(20(26)22-2)23(11-15-3-7-17(21)8-4-15)19(25)13-29-12-16-5-9-18(10-6-16)24(27)28/h3-10,14H,11-13H2,1-2H3,(H,22,26)/t14-/m0/s1. The first-order valence-electron chi connectivity index (χ1n) is 8.88. The summed E-state index contributed by atoms with van der Waals surface area (Å²) in [5.41, 5.74) is 1.79. The number of thioether (sulfide) groups is 1. The highest BCUT2D eigenvalue weighted by Crippen LogP contribution is 2.19. The number of amides is 2. The van der Waals surface area contributed by atoms with Gasteiger partial charge in [0.1, 0.15) is 6.04 Å². The van der Waals surface area contributed by atoms with Gasteiger partial charge in [-0.1, -0.05) is 35.9 Å². The molecule has 0 unspecified atom stereocenters. The van der Waals surface area contributed by atoms with Crippen molar-refractivity contribution in [3.8, 4) is 0 Å². The molecule has 29 heavy (non-hydrogen) atoms. The van der Waals surface area contributed by atoms with Gasteiger partial charge in [0.2, 0.25) is 11.8 Å². The molecule has 0 saturated carbocycles. The number of non-ortho nitro benzene ring substituents is 1. The van der Waals surface area contributed by atoms with Gasteiger partial charge in [-0.25, -0.2) is 0 Å². The third-order valence-electron chi connectivity index (χ3n) is 4.32. The molecular weight excluding hydrogens is 414 g/mol. The lowest BCUT2D eigenvalue weighted by Crippen LogP contribution is -2.47. The van der Waals surface area contributed by atoms with Crippen molar-refractivity contribution < 1.29 is 14.5 Å². The van der Waals surface area contributed by atoms with E-state index in [1.807, 2.05) is 12.1 Å². The van der Waals surface area contributed by atoms with Crippen LogP contribution in [0.15, 0.2) is 48.5 Å². The number of nitrogens with one attached hydrogen (secondary N) is 1. The number of likely N-dealkylation sites (N-methyl/N-ethyl adjacent to an activating group) is 1. The average molecular weight is 436 g/mol. The van der Waals surface area contributed by atoms with Gasteiger partial charge < -0.3 is 10.2 Å². The van der Waals surface area contributed by atoms with Crippen LogP contribution in [-0.2, 0) is 21.9 Å². The number of nitro groups is 1. The van der Waals surface area contributed by atoms with Gasteiger partial charge in [0.05, 0.1) is 10.7 Å². The van der Waals surface area contributed by atoms with E-state index in [1.54, 1.807) is 31.2 Å². The molecule has 0 bridgehead atoms. The van der Waals surface area contributed by atoms with Gasteiger partial charge in [-0.3, -0.25) is 19.7 Å². The lowest BCUT2D eigenvalue weighted by Gasteiger charge is -2.28.